The number of allylic oxidation sites excluding steroid dienone is 1. The zero-order chi connectivity index (χ0) is 26.4. The van der Waals surface area contributed by atoms with E-state index in [2.05, 4.69) is 26.0 Å². The van der Waals surface area contributed by atoms with Crippen molar-refractivity contribution in [3.05, 3.63) is 112 Å². The van der Waals surface area contributed by atoms with E-state index in [0.29, 0.717) is 16.9 Å². The van der Waals surface area contributed by atoms with Crippen LogP contribution in [0.5, 0.6) is 0 Å². The Hall–Kier alpha value is -4.28. The van der Waals surface area contributed by atoms with Crippen molar-refractivity contribution in [2.24, 2.45) is 0 Å². The molecule has 37 heavy (non-hydrogen) atoms. The Morgan fingerprint density at radius 1 is 1.08 bits per heavy atom. The van der Waals surface area contributed by atoms with Gasteiger partial charge in [-0.25, -0.2) is 9.18 Å². The first-order valence-corrected chi connectivity index (χ1v) is 11.6. The van der Waals surface area contributed by atoms with Crippen LogP contribution in [0.1, 0.15) is 27.5 Å². The number of tetrazole rings is 1. The molecule has 0 bridgehead atoms. The summed E-state index contributed by atoms with van der Waals surface area (Å²) in [4.78, 5) is 25.5. The number of aromatic carboxylic acids is 1. The van der Waals surface area contributed by atoms with Gasteiger partial charge in [0, 0.05) is 11.3 Å². The molecule has 0 aliphatic rings. The SMILES string of the molecule is O=C(O)c1ccc(NC(=O)C(NC=CCc2c(-n3ncnn3)ccc(Cl)c2F)c2ccccc2)cc1Cl. The molecule has 0 saturated heterocycles. The van der Waals surface area contributed by atoms with Gasteiger partial charge in [0.2, 0.25) is 0 Å². The van der Waals surface area contributed by atoms with Crippen LogP contribution in [0.2, 0.25) is 10.0 Å². The van der Waals surface area contributed by atoms with Gasteiger partial charge < -0.3 is 15.7 Å². The molecule has 1 heterocycles. The lowest BCUT2D eigenvalue weighted by molar-refractivity contribution is -0.118. The first-order chi connectivity index (χ1) is 17.8. The number of carboxylic acids is 1. The van der Waals surface area contributed by atoms with Crippen molar-refractivity contribution < 1.29 is 19.1 Å². The van der Waals surface area contributed by atoms with Crippen molar-refractivity contribution in [2.75, 3.05) is 5.32 Å². The van der Waals surface area contributed by atoms with E-state index in [1.165, 1.54) is 41.6 Å². The molecule has 1 unspecified atom stereocenters. The minimum absolute atomic E-state index is 0.00404. The monoisotopic (exact) mass is 540 g/mol. The topological polar surface area (TPSA) is 122 Å². The molecule has 0 saturated carbocycles. The van der Waals surface area contributed by atoms with Crippen LogP contribution in [0.25, 0.3) is 5.69 Å². The van der Waals surface area contributed by atoms with Gasteiger partial charge in [0.15, 0.2) is 6.33 Å². The smallest absolute Gasteiger partial charge is 0.337 e. The lowest BCUT2D eigenvalue weighted by Crippen LogP contribution is -2.30. The molecule has 1 amide bonds. The molecule has 0 aliphatic heterocycles. The number of nitrogens with one attached hydrogen (secondary N) is 2. The molecule has 0 aliphatic carbocycles. The Kier molecular flexibility index (Phi) is 8.11. The van der Waals surface area contributed by atoms with Crippen LogP contribution in [0.15, 0.2) is 79.3 Å². The van der Waals surface area contributed by atoms with Gasteiger partial charge >= 0.3 is 5.97 Å². The summed E-state index contributed by atoms with van der Waals surface area (Å²) in [6.07, 6.45) is 4.53. The Balaban J connectivity index is 1.53. The van der Waals surface area contributed by atoms with Crippen LogP contribution in [0.3, 0.4) is 0 Å². The maximum atomic E-state index is 14.8. The van der Waals surface area contributed by atoms with Crippen LogP contribution < -0.4 is 10.6 Å². The molecule has 9 nitrogen and oxygen atoms in total. The normalized spacial score (nSPS) is 11.9. The van der Waals surface area contributed by atoms with Crippen molar-refractivity contribution in [3.63, 3.8) is 0 Å². The summed E-state index contributed by atoms with van der Waals surface area (Å²) >= 11 is 12.0. The first kappa shape index (κ1) is 25.8. The highest BCUT2D eigenvalue weighted by molar-refractivity contribution is 6.33. The van der Waals surface area contributed by atoms with Crippen LogP contribution in [-0.2, 0) is 11.2 Å². The number of hydrogen-bond acceptors (Lipinski definition) is 6. The fourth-order valence-electron chi connectivity index (χ4n) is 3.53. The molecule has 0 fully saturated rings. The van der Waals surface area contributed by atoms with Crippen molar-refractivity contribution in [1.29, 1.82) is 0 Å². The zero-order valence-corrected chi connectivity index (χ0v) is 20.5. The zero-order valence-electron chi connectivity index (χ0n) is 19.0. The molecule has 188 valence electrons. The summed E-state index contributed by atoms with van der Waals surface area (Å²) in [7, 11) is 0. The van der Waals surface area contributed by atoms with E-state index >= 15 is 0 Å². The van der Waals surface area contributed by atoms with Gasteiger partial charge in [-0.05, 0) is 53.7 Å². The molecule has 3 N–H and O–H groups in total. The van der Waals surface area contributed by atoms with E-state index in [9.17, 15) is 14.0 Å². The quantitative estimate of drug-likeness (QED) is 0.278. The molecule has 0 spiro atoms. The number of carbonyl (C=O) groups excluding carboxylic acids is 1. The minimum atomic E-state index is -1.17. The van der Waals surface area contributed by atoms with Gasteiger partial charge in [-0.1, -0.05) is 59.6 Å². The highest BCUT2D eigenvalue weighted by Gasteiger charge is 2.20. The molecule has 3 aromatic carbocycles. The van der Waals surface area contributed by atoms with Gasteiger partial charge in [0.05, 0.1) is 21.3 Å². The molecule has 0 radical (unpaired) electrons. The van der Waals surface area contributed by atoms with Crippen LogP contribution in [-0.4, -0.2) is 37.2 Å². The number of benzene rings is 3. The largest absolute Gasteiger partial charge is 0.478 e. The van der Waals surface area contributed by atoms with E-state index in [1.54, 1.807) is 36.4 Å². The van der Waals surface area contributed by atoms with E-state index in [-0.39, 0.29) is 27.6 Å². The summed E-state index contributed by atoms with van der Waals surface area (Å²) in [5.74, 6) is -2.20. The van der Waals surface area contributed by atoms with Gasteiger partial charge in [-0.3, -0.25) is 4.79 Å². The number of anilines is 1. The predicted octanol–water partition coefficient (Wildman–Crippen LogP) is 4.83. The minimum Gasteiger partial charge on any atom is -0.478 e. The molecule has 1 atom stereocenters. The Morgan fingerprint density at radius 2 is 1.86 bits per heavy atom. The van der Waals surface area contributed by atoms with Crippen LogP contribution in [0.4, 0.5) is 10.1 Å². The fraction of sp³-hybridized carbons (Fsp3) is 0.0800. The van der Waals surface area contributed by atoms with E-state index in [1.807, 2.05) is 6.07 Å². The summed E-state index contributed by atoms with van der Waals surface area (Å²) in [6.45, 7) is 0. The third-order valence-electron chi connectivity index (χ3n) is 5.30. The first-order valence-electron chi connectivity index (χ1n) is 10.8. The highest BCUT2D eigenvalue weighted by Crippen LogP contribution is 2.25. The van der Waals surface area contributed by atoms with E-state index in [4.69, 9.17) is 28.3 Å². The summed E-state index contributed by atoms with van der Waals surface area (Å²) in [5.41, 5.74) is 1.55. The van der Waals surface area contributed by atoms with Crippen molar-refractivity contribution >= 4 is 40.8 Å². The molecular formula is C25H19Cl2FN6O3. The second-order valence-corrected chi connectivity index (χ2v) is 8.50. The number of nitrogens with zero attached hydrogens (tertiary/aromatic N) is 4. The average molecular weight is 541 g/mol. The van der Waals surface area contributed by atoms with Gasteiger partial charge in [-0.2, -0.15) is 0 Å². The summed E-state index contributed by atoms with van der Waals surface area (Å²) in [6, 6.07) is 15.2. The number of carbonyl (C=O) groups is 2. The maximum absolute atomic E-state index is 14.8. The van der Waals surface area contributed by atoms with Gasteiger partial charge in [0.25, 0.3) is 5.91 Å². The van der Waals surface area contributed by atoms with Crippen molar-refractivity contribution in [3.8, 4) is 5.69 Å². The molecule has 4 rings (SSSR count). The van der Waals surface area contributed by atoms with E-state index < -0.39 is 23.7 Å². The fourth-order valence-corrected chi connectivity index (χ4v) is 3.97. The predicted molar refractivity (Wildman–Crippen MR) is 136 cm³/mol. The molecular weight excluding hydrogens is 522 g/mol. The second kappa shape index (κ2) is 11.6. The number of carboxylic acid groups (broad SMARTS) is 1. The summed E-state index contributed by atoms with van der Waals surface area (Å²) in [5, 5.41) is 26.3. The molecule has 12 heteroatoms. The lowest BCUT2D eigenvalue weighted by atomic mass is 10.1. The number of rotatable bonds is 9. The summed E-state index contributed by atoms with van der Waals surface area (Å²) < 4.78 is 14.8. The van der Waals surface area contributed by atoms with Crippen LogP contribution >= 0.6 is 23.2 Å². The van der Waals surface area contributed by atoms with E-state index in [0.717, 1.165) is 0 Å². The van der Waals surface area contributed by atoms with Crippen molar-refractivity contribution in [2.45, 2.75) is 12.5 Å². The maximum Gasteiger partial charge on any atom is 0.337 e. The highest BCUT2D eigenvalue weighted by atomic mass is 35.5. The van der Waals surface area contributed by atoms with Gasteiger partial charge in [0.1, 0.15) is 11.9 Å². The molecule has 4 aromatic rings. The number of amides is 1. The number of halogens is 3. The Bertz CT molecular complexity index is 1450. The van der Waals surface area contributed by atoms with Gasteiger partial charge in [-0.15, -0.1) is 15.0 Å². The Labute approximate surface area is 220 Å². The van der Waals surface area contributed by atoms with Crippen LogP contribution in [0, 0.1) is 5.82 Å². The third kappa shape index (κ3) is 6.11. The third-order valence-corrected chi connectivity index (χ3v) is 5.91. The standard InChI is InChI=1S/C25H19Cl2FN6O3/c26-19-10-11-21(34-31-14-30-33-34)18(22(19)28)7-4-12-29-23(15-5-2-1-3-6-15)24(35)32-16-8-9-17(25(36)37)20(27)13-16/h1-6,8-14,23,29H,7H2,(H,32,35)(H,36,37). The lowest BCUT2D eigenvalue weighted by Gasteiger charge is -2.18. The number of hydrogen-bond donors (Lipinski definition) is 3. The second-order valence-electron chi connectivity index (χ2n) is 7.69. The molecule has 1 aromatic heterocycles. The Morgan fingerprint density at radius 3 is 2.54 bits per heavy atom. The number of aromatic nitrogens is 4. The average Bonchev–Trinajstić information content (AvgIpc) is 3.41. The van der Waals surface area contributed by atoms with Crippen molar-refractivity contribution in [1.82, 2.24) is 25.5 Å².